The Hall–Kier alpha value is -1.04. The van der Waals surface area contributed by atoms with Crippen molar-refractivity contribution < 1.29 is 5.21 Å². The fourth-order valence-corrected chi connectivity index (χ4v) is 3.21. The van der Waals surface area contributed by atoms with Crippen LogP contribution >= 0.6 is 11.8 Å². The molecular formula is C11H18N4OS. The summed E-state index contributed by atoms with van der Waals surface area (Å²) in [6.45, 7) is 0. The summed E-state index contributed by atoms with van der Waals surface area (Å²) in [4.78, 5) is 0. The highest BCUT2D eigenvalue weighted by atomic mass is 32.2. The maximum Gasteiger partial charge on any atom is 0.191 e. The van der Waals surface area contributed by atoms with E-state index in [-0.39, 0.29) is 5.25 Å². The Balaban J connectivity index is 2.07. The SMILES string of the molecule is Cn1cnnc1S[C@H]1CCCCCC/C1=N\O. The highest BCUT2D eigenvalue weighted by molar-refractivity contribution is 8.00. The quantitative estimate of drug-likeness (QED) is 0.650. The highest BCUT2D eigenvalue weighted by Crippen LogP contribution is 2.29. The summed E-state index contributed by atoms with van der Waals surface area (Å²) < 4.78 is 1.90. The average Bonchev–Trinajstić information content (AvgIpc) is 2.69. The molecule has 1 saturated carbocycles. The van der Waals surface area contributed by atoms with Crippen LogP contribution in [0.2, 0.25) is 0 Å². The molecule has 1 aromatic rings. The minimum atomic E-state index is 0.239. The lowest BCUT2D eigenvalue weighted by Crippen LogP contribution is -2.20. The first-order valence-electron chi connectivity index (χ1n) is 6.02. The van der Waals surface area contributed by atoms with Gasteiger partial charge >= 0.3 is 0 Å². The molecule has 94 valence electrons. The molecule has 0 radical (unpaired) electrons. The molecule has 1 aliphatic carbocycles. The van der Waals surface area contributed by atoms with Gasteiger partial charge in [-0.25, -0.2) is 0 Å². The summed E-state index contributed by atoms with van der Waals surface area (Å²) in [5, 5.41) is 21.7. The summed E-state index contributed by atoms with van der Waals surface area (Å²) >= 11 is 1.65. The lowest BCUT2D eigenvalue weighted by atomic mass is 9.99. The highest BCUT2D eigenvalue weighted by Gasteiger charge is 2.21. The Labute approximate surface area is 105 Å². The lowest BCUT2D eigenvalue weighted by molar-refractivity contribution is 0.315. The molecule has 2 rings (SSSR count). The Bertz CT molecular complexity index is 391. The molecule has 17 heavy (non-hydrogen) atoms. The van der Waals surface area contributed by atoms with E-state index in [1.54, 1.807) is 18.1 Å². The molecule has 1 atom stereocenters. The van der Waals surface area contributed by atoms with E-state index in [9.17, 15) is 0 Å². The van der Waals surface area contributed by atoms with E-state index in [0.29, 0.717) is 0 Å². The zero-order valence-electron chi connectivity index (χ0n) is 10.0. The minimum absolute atomic E-state index is 0.239. The number of oxime groups is 1. The Morgan fingerprint density at radius 1 is 1.41 bits per heavy atom. The molecule has 0 aliphatic heterocycles. The normalized spacial score (nSPS) is 24.5. The molecule has 0 saturated heterocycles. The minimum Gasteiger partial charge on any atom is -0.411 e. The third-order valence-corrected chi connectivity index (χ3v) is 4.44. The second-order valence-corrected chi connectivity index (χ2v) is 5.55. The van der Waals surface area contributed by atoms with E-state index in [2.05, 4.69) is 15.4 Å². The number of rotatable bonds is 2. The second-order valence-electron chi connectivity index (χ2n) is 4.38. The Morgan fingerprint density at radius 2 is 2.24 bits per heavy atom. The summed E-state index contributed by atoms with van der Waals surface area (Å²) in [5.74, 6) is 0. The molecule has 0 unspecified atom stereocenters. The Kier molecular flexibility index (Phi) is 4.42. The van der Waals surface area contributed by atoms with E-state index in [1.807, 2.05) is 11.6 Å². The summed E-state index contributed by atoms with van der Waals surface area (Å²) in [7, 11) is 1.93. The molecule has 1 N–H and O–H groups in total. The first-order chi connectivity index (χ1) is 8.31. The predicted octanol–water partition coefficient (Wildman–Crippen LogP) is 2.46. The van der Waals surface area contributed by atoms with E-state index in [0.717, 1.165) is 30.1 Å². The van der Waals surface area contributed by atoms with Gasteiger partial charge in [0, 0.05) is 7.05 Å². The monoisotopic (exact) mass is 254 g/mol. The van der Waals surface area contributed by atoms with Crippen molar-refractivity contribution >= 4 is 17.5 Å². The molecule has 1 aliphatic rings. The van der Waals surface area contributed by atoms with Crippen LogP contribution in [-0.2, 0) is 7.05 Å². The van der Waals surface area contributed by atoms with Gasteiger partial charge in [-0.15, -0.1) is 10.2 Å². The van der Waals surface area contributed by atoms with Gasteiger partial charge in [0.1, 0.15) is 6.33 Å². The van der Waals surface area contributed by atoms with E-state index in [4.69, 9.17) is 5.21 Å². The number of aryl methyl sites for hydroxylation is 1. The fourth-order valence-electron chi connectivity index (χ4n) is 2.06. The van der Waals surface area contributed by atoms with Crippen molar-refractivity contribution in [3.63, 3.8) is 0 Å². The summed E-state index contributed by atoms with van der Waals surface area (Å²) in [6, 6.07) is 0. The van der Waals surface area contributed by atoms with Gasteiger partial charge in [-0.1, -0.05) is 36.2 Å². The average molecular weight is 254 g/mol. The van der Waals surface area contributed by atoms with Crippen LogP contribution in [0.15, 0.2) is 16.6 Å². The fraction of sp³-hybridized carbons (Fsp3) is 0.727. The molecule has 0 amide bonds. The van der Waals surface area contributed by atoms with E-state index >= 15 is 0 Å². The molecule has 5 nitrogen and oxygen atoms in total. The number of hydrogen-bond acceptors (Lipinski definition) is 5. The van der Waals surface area contributed by atoms with Gasteiger partial charge in [-0.05, 0) is 19.3 Å². The molecule has 1 fully saturated rings. The molecule has 0 bridgehead atoms. The van der Waals surface area contributed by atoms with Crippen LogP contribution in [0.1, 0.15) is 38.5 Å². The Morgan fingerprint density at radius 3 is 2.94 bits per heavy atom. The van der Waals surface area contributed by atoms with Crippen LogP contribution in [0.25, 0.3) is 0 Å². The zero-order valence-corrected chi connectivity index (χ0v) is 10.9. The molecule has 0 spiro atoms. The first kappa shape index (κ1) is 12.4. The van der Waals surface area contributed by atoms with Crippen LogP contribution in [0.4, 0.5) is 0 Å². The second kappa shape index (κ2) is 6.05. The van der Waals surface area contributed by atoms with Crippen LogP contribution in [0.3, 0.4) is 0 Å². The molecular weight excluding hydrogens is 236 g/mol. The van der Waals surface area contributed by atoms with Crippen molar-refractivity contribution in [3.05, 3.63) is 6.33 Å². The largest absolute Gasteiger partial charge is 0.411 e. The van der Waals surface area contributed by atoms with Crippen LogP contribution in [-0.4, -0.2) is 30.9 Å². The summed E-state index contributed by atoms with van der Waals surface area (Å²) in [6.07, 6.45) is 8.46. The van der Waals surface area contributed by atoms with Gasteiger partial charge in [0.05, 0.1) is 11.0 Å². The number of thioether (sulfide) groups is 1. The predicted molar refractivity (Wildman–Crippen MR) is 67.6 cm³/mol. The van der Waals surface area contributed by atoms with Gasteiger partial charge in [-0.2, -0.15) is 0 Å². The standard InChI is InChI=1S/C11H18N4OS/c1-15-8-12-13-11(15)17-10-7-5-3-2-4-6-9(10)14-16/h8,10,16H,2-7H2,1H3/b14-9+/t10-/m0/s1. The third-order valence-electron chi connectivity index (χ3n) is 3.07. The topological polar surface area (TPSA) is 63.3 Å². The van der Waals surface area contributed by atoms with Gasteiger partial charge in [0.15, 0.2) is 5.16 Å². The third kappa shape index (κ3) is 3.21. The van der Waals surface area contributed by atoms with Crippen molar-refractivity contribution in [1.29, 1.82) is 0 Å². The maximum absolute atomic E-state index is 9.11. The smallest absolute Gasteiger partial charge is 0.191 e. The van der Waals surface area contributed by atoms with E-state index < -0.39 is 0 Å². The molecule has 6 heteroatoms. The van der Waals surface area contributed by atoms with Gasteiger partial charge in [-0.3, -0.25) is 0 Å². The van der Waals surface area contributed by atoms with Crippen molar-refractivity contribution in [2.24, 2.45) is 12.2 Å². The molecule has 0 aromatic carbocycles. The van der Waals surface area contributed by atoms with Crippen molar-refractivity contribution in [2.45, 2.75) is 48.9 Å². The lowest BCUT2D eigenvalue weighted by Gasteiger charge is -2.19. The molecule has 1 heterocycles. The van der Waals surface area contributed by atoms with Crippen molar-refractivity contribution in [1.82, 2.24) is 14.8 Å². The number of hydrogen-bond donors (Lipinski definition) is 1. The first-order valence-corrected chi connectivity index (χ1v) is 6.90. The van der Waals surface area contributed by atoms with Crippen LogP contribution < -0.4 is 0 Å². The number of nitrogens with zero attached hydrogens (tertiary/aromatic N) is 4. The van der Waals surface area contributed by atoms with Crippen molar-refractivity contribution in [3.8, 4) is 0 Å². The number of aromatic nitrogens is 3. The molecule has 1 aromatic heterocycles. The van der Waals surface area contributed by atoms with Gasteiger partial charge in [0.2, 0.25) is 0 Å². The van der Waals surface area contributed by atoms with E-state index in [1.165, 1.54) is 19.3 Å². The van der Waals surface area contributed by atoms with Gasteiger partial charge in [0.25, 0.3) is 0 Å². The zero-order chi connectivity index (χ0) is 12.1. The van der Waals surface area contributed by atoms with Crippen LogP contribution in [0.5, 0.6) is 0 Å². The summed E-state index contributed by atoms with van der Waals surface area (Å²) in [5.41, 5.74) is 0.901. The maximum atomic E-state index is 9.11. The van der Waals surface area contributed by atoms with Gasteiger partial charge < -0.3 is 9.77 Å². The van der Waals surface area contributed by atoms with Crippen molar-refractivity contribution in [2.75, 3.05) is 0 Å². The van der Waals surface area contributed by atoms with Crippen LogP contribution in [0, 0.1) is 0 Å².